The summed E-state index contributed by atoms with van der Waals surface area (Å²) in [4.78, 5) is 65.2. The molecule has 0 spiro atoms. The number of nitrogens with one attached hydrogen (secondary N) is 1. The molecule has 2 amide bonds. The first-order valence-corrected chi connectivity index (χ1v) is 29.2. The summed E-state index contributed by atoms with van der Waals surface area (Å²) in [7, 11) is -1.32. The van der Waals surface area contributed by atoms with Gasteiger partial charge in [0.25, 0.3) is 11.1 Å². The number of aromatic nitrogens is 4. The van der Waals surface area contributed by atoms with Gasteiger partial charge >= 0.3 is 6.18 Å². The second-order valence-electron chi connectivity index (χ2n) is 22.3. The van der Waals surface area contributed by atoms with Crippen LogP contribution in [0, 0.1) is 0 Å². The number of carbonyl (C=O) groups excluding carboxylic acids is 2. The van der Waals surface area contributed by atoms with E-state index in [0.717, 1.165) is 108 Å². The summed E-state index contributed by atoms with van der Waals surface area (Å²) < 4.78 is 64.0. The molecule has 0 saturated carbocycles. The zero-order valence-corrected chi connectivity index (χ0v) is 48.4. The second-order valence-corrected chi connectivity index (χ2v) is 23.5. The SMILES string of the molecule is C=CC(=O)N1CCc2ccc(-n3c(=O)ccc4cnc5ccc(-c6ccc(COc7cccc(C(F)(F)F)c7)cc6)cc5c43)cc21.C=CC(=O)N1CCc2ccc(-n3c(=O)ccc4cnc5ccc(-c6ccc(S(=O)NC(C)(C)C)cc6)cc5c43)cc21. The number of halogens is 3. The molecule has 2 aliphatic heterocycles. The van der Waals surface area contributed by atoms with Crippen LogP contribution in [0.4, 0.5) is 24.5 Å². The fourth-order valence-electron chi connectivity index (χ4n) is 11.2. The van der Waals surface area contributed by atoms with E-state index in [2.05, 4.69) is 27.8 Å². The van der Waals surface area contributed by atoms with E-state index < -0.39 is 22.7 Å². The molecule has 7 aromatic carbocycles. The second kappa shape index (κ2) is 23.1. The number of fused-ring (bicyclic) bond motifs is 8. The highest BCUT2D eigenvalue weighted by Gasteiger charge is 2.31. The Morgan fingerprint density at radius 1 is 0.598 bits per heavy atom. The first-order valence-electron chi connectivity index (χ1n) is 28.1. The zero-order chi connectivity index (χ0) is 60.9. The van der Waals surface area contributed by atoms with E-state index in [0.29, 0.717) is 40.4 Å². The zero-order valence-electron chi connectivity index (χ0n) is 47.6. The fraction of sp³-hybridized carbons (Fsp3) is 0.143. The highest BCUT2D eigenvalue weighted by molar-refractivity contribution is 7.83. The van der Waals surface area contributed by atoms with Gasteiger partial charge in [0.2, 0.25) is 11.8 Å². The smallest absolute Gasteiger partial charge is 0.416 e. The maximum atomic E-state index is 13.5. The summed E-state index contributed by atoms with van der Waals surface area (Å²) in [5.41, 5.74) is 11.0. The standard InChI is InChI=1S/C37H26F3N3O3.C33H30N4O3S/c1-2-34(44)42-17-16-25-10-13-29(20-33(25)42)43-35(45)15-12-27-21-41-32-14-11-26(18-31(32)36(27)43)24-8-6-23(7-9-24)22-46-30-5-3-4-28(19-30)37(38,39)40;1-5-30(38)36-17-16-22-6-11-25(19-29(22)36)37-31(39)15-10-24-20-34-28-14-9-23(18-27(28)32(24)37)21-7-12-26(13-8-21)41(40)35-33(2,3)4/h2-15,18-21H,1,16-17,22H2;5-15,18-20,35H,1,16-17H2,2-4H3. The molecule has 4 aromatic heterocycles. The van der Waals surface area contributed by atoms with Crippen molar-refractivity contribution in [2.45, 2.75) is 56.8 Å². The molecule has 13 rings (SSSR count). The number of hydrogen-bond donors (Lipinski definition) is 1. The number of benzene rings is 7. The Morgan fingerprint density at radius 3 is 1.55 bits per heavy atom. The summed E-state index contributed by atoms with van der Waals surface area (Å²) in [6.45, 7) is 14.4. The van der Waals surface area contributed by atoms with Crippen LogP contribution in [0.3, 0.4) is 0 Å². The van der Waals surface area contributed by atoms with E-state index in [1.54, 1.807) is 49.5 Å². The third kappa shape index (κ3) is 11.5. The molecule has 0 fully saturated rings. The van der Waals surface area contributed by atoms with Crippen LogP contribution < -0.4 is 30.4 Å². The minimum Gasteiger partial charge on any atom is -0.489 e. The molecule has 1 unspecified atom stereocenters. The van der Waals surface area contributed by atoms with Gasteiger partial charge in [-0.3, -0.25) is 38.3 Å². The average Bonchev–Trinajstić information content (AvgIpc) is 1.31. The Kier molecular flexibility index (Phi) is 15.2. The van der Waals surface area contributed by atoms with Crippen molar-refractivity contribution in [1.29, 1.82) is 0 Å². The van der Waals surface area contributed by atoms with Crippen LogP contribution in [0.1, 0.15) is 43.0 Å². The predicted molar refractivity (Wildman–Crippen MR) is 338 cm³/mol. The summed E-state index contributed by atoms with van der Waals surface area (Å²) >= 11 is 0. The molecule has 0 saturated heterocycles. The minimum atomic E-state index is -4.44. The monoisotopic (exact) mass is 1180 g/mol. The molecule has 434 valence electrons. The van der Waals surface area contributed by atoms with Crippen LogP contribution in [0.15, 0.2) is 222 Å². The number of ether oxygens (including phenoxy) is 1. The number of alkyl halides is 3. The number of rotatable bonds is 11. The summed E-state index contributed by atoms with van der Waals surface area (Å²) in [6.07, 6.45) is 3.18. The lowest BCUT2D eigenvalue weighted by molar-refractivity contribution is -0.137. The maximum Gasteiger partial charge on any atom is 0.416 e. The van der Waals surface area contributed by atoms with Gasteiger partial charge in [0.05, 0.1) is 43.9 Å². The molecule has 11 aromatic rings. The highest BCUT2D eigenvalue weighted by atomic mass is 32.2. The summed E-state index contributed by atoms with van der Waals surface area (Å²) in [6, 6.07) is 50.0. The van der Waals surface area contributed by atoms with Crippen LogP contribution in [0.25, 0.3) is 77.2 Å². The highest BCUT2D eigenvalue weighted by Crippen LogP contribution is 2.37. The first-order chi connectivity index (χ1) is 41.8. The van der Waals surface area contributed by atoms with Gasteiger partial charge in [-0.2, -0.15) is 13.2 Å². The van der Waals surface area contributed by atoms with Gasteiger partial charge in [0.15, 0.2) is 0 Å². The van der Waals surface area contributed by atoms with Gasteiger partial charge < -0.3 is 14.5 Å². The van der Waals surface area contributed by atoms with Crippen LogP contribution in [-0.2, 0) is 46.2 Å². The van der Waals surface area contributed by atoms with Crippen molar-refractivity contribution in [2.75, 3.05) is 22.9 Å². The molecular formula is C70H56F3N7O6S. The van der Waals surface area contributed by atoms with Gasteiger partial charge in [0.1, 0.15) is 23.3 Å². The van der Waals surface area contributed by atoms with Gasteiger partial charge in [-0.15, -0.1) is 0 Å². The average molecular weight is 1180 g/mol. The Labute approximate surface area is 500 Å². The number of carbonyl (C=O) groups is 2. The predicted octanol–water partition coefficient (Wildman–Crippen LogP) is 13.6. The molecule has 1 atom stereocenters. The molecule has 2 aliphatic rings. The van der Waals surface area contributed by atoms with Crippen molar-refractivity contribution in [3.63, 3.8) is 0 Å². The third-order valence-corrected chi connectivity index (χ3v) is 16.9. The number of pyridine rings is 4. The van der Waals surface area contributed by atoms with Crippen LogP contribution >= 0.6 is 0 Å². The van der Waals surface area contributed by atoms with Gasteiger partial charge in [0, 0.05) is 76.1 Å². The van der Waals surface area contributed by atoms with E-state index in [-0.39, 0.29) is 40.8 Å². The number of hydrogen-bond acceptors (Lipinski definition) is 8. The van der Waals surface area contributed by atoms with E-state index in [1.165, 1.54) is 30.4 Å². The summed E-state index contributed by atoms with van der Waals surface area (Å²) in [5.74, 6) is -0.203. The van der Waals surface area contributed by atoms with Crippen LogP contribution in [0.5, 0.6) is 5.75 Å². The van der Waals surface area contributed by atoms with E-state index in [4.69, 9.17) is 4.74 Å². The van der Waals surface area contributed by atoms with Crippen molar-refractivity contribution in [3.8, 4) is 39.4 Å². The Bertz CT molecular complexity index is 4760. The van der Waals surface area contributed by atoms with Crippen LogP contribution in [0.2, 0.25) is 0 Å². The molecule has 6 heterocycles. The van der Waals surface area contributed by atoms with Crippen molar-refractivity contribution >= 4 is 77.8 Å². The molecule has 0 bridgehead atoms. The van der Waals surface area contributed by atoms with Crippen molar-refractivity contribution in [2.24, 2.45) is 0 Å². The van der Waals surface area contributed by atoms with Gasteiger partial charge in [-0.05, 0) is 176 Å². The Balaban J connectivity index is 0.000000171. The van der Waals surface area contributed by atoms with E-state index >= 15 is 0 Å². The normalized spacial score (nSPS) is 13.3. The minimum absolute atomic E-state index is 0.108. The molecule has 13 nitrogen and oxygen atoms in total. The van der Waals surface area contributed by atoms with E-state index in [9.17, 15) is 36.6 Å². The quantitative estimate of drug-likeness (QED) is 0.0994. The first kappa shape index (κ1) is 57.3. The third-order valence-electron chi connectivity index (χ3n) is 15.4. The van der Waals surface area contributed by atoms with Crippen molar-refractivity contribution < 1.29 is 31.7 Å². The molecule has 87 heavy (non-hydrogen) atoms. The lowest BCUT2D eigenvalue weighted by Gasteiger charge is -2.19. The lowest BCUT2D eigenvalue weighted by Crippen LogP contribution is -2.37. The summed E-state index contributed by atoms with van der Waals surface area (Å²) in [5, 5.41) is 3.22. The number of amides is 2. The van der Waals surface area contributed by atoms with Crippen LogP contribution in [-0.4, -0.2) is 53.8 Å². The maximum absolute atomic E-state index is 13.5. The molecule has 17 heteroatoms. The fourth-order valence-corrected chi connectivity index (χ4v) is 12.3. The molecule has 0 aliphatic carbocycles. The molecular weight excluding hydrogens is 1120 g/mol. The van der Waals surface area contributed by atoms with Crippen molar-refractivity contribution in [1.82, 2.24) is 23.8 Å². The largest absolute Gasteiger partial charge is 0.489 e. The Morgan fingerprint density at radius 2 is 1.08 bits per heavy atom. The number of nitrogens with zero attached hydrogens (tertiary/aromatic N) is 6. The molecule has 0 radical (unpaired) electrons. The molecule has 1 N–H and O–H groups in total. The van der Waals surface area contributed by atoms with Crippen molar-refractivity contribution in [3.05, 3.63) is 251 Å². The van der Waals surface area contributed by atoms with Gasteiger partial charge in [-0.1, -0.05) is 79.9 Å². The van der Waals surface area contributed by atoms with E-state index in [1.807, 2.05) is 142 Å². The van der Waals surface area contributed by atoms with Gasteiger partial charge in [-0.25, -0.2) is 8.93 Å². The lowest BCUT2D eigenvalue weighted by atomic mass is 10.0. The topological polar surface area (TPSA) is 149 Å². The Hall–Kier alpha value is -10.1. The number of anilines is 2.